The lowest BCUT2D eigenvalue weighted by molar-refractivity contribution is -0.137. The number of carbonyl (C=O) groups excluding carboxylic acids is 2. The Morgan fingerprint density at radius 2 is 1.48 bits per heavy atom. The van der Waals surface area contributed by atoms with E-state index in [0.29, 0.717) is 35.1 Å². The van der Waals surface area contributed by atoms with E-state index in [0.717, 1.165) is 23.3 Å². The van der Waals surface area contributed by atoms with Crippen molar-refractivity contribution >= 4 is 28.5 Å². The number of fused-ring (bicyclic) bond motifs is 1. The Morgan fingerprint density at radius 3 is 2.21 bits per heavy atom. The summed E-state index contributed by atoms with van der Waals surface area (Å²) in [7, 11) is 0. The van der Waals surface area contributed by atoms with Gasteiger partial charge in [0.25, 0.3) is 11.8 Å². The highest BCUT2D eigenvalue weighted by Crippen LogP contribution is 2.31. The van der Waals surface area contributed by atoms with E-state index in [1.54, 1.807) is 42.5 Å². The van der Waals surface area contributed by atoms with Gasteiger partial charge in [-0.05, 0) is 65.7 Å². The average Bonchev–Trinajstić information content (AvgIpc) is 3.11. The first-order valence-corrected chi connectivity index (χ1v) is 15.2. The van der Waals surface area contributed by atoms with Crippen LogP contribution in [0.4, 0.5) is 19.0 Å². The van der Waals surface area contributed by atoms with Gasteiger partial charge in [0.1, 0.15) is 5.82 Å². The summed E-state index contributed by atoms with van der Waals surface area (Å²) in [6.45, 7) is 1.19. The fourth-order valence-electron chi connectivity index (χ4n) is 5.29. The van der Waals surface area contributed by atoms with E-state index in [-0.39, 0.29) is 29.0 Å². The number of aromatic nitrogens is 2. The molecular formula is C38H30F3N5O2. The number of anilines is 1. The zero-order chi connectivity index (χ0) is 33.5. The van der Waals surface area contributed by atoms with E-state index in [1.165, 1.54) is 18.3 Å². The molecule has 3 N–H and O–H groups in total. The van der Waals surface area contributed by atoms with Crippen LogP contribution in [0.25, 0.3) is 22.2 Å². The molecule has 6 rings (SSSR count). The summed E-state index contributed by atoms with van der Waals surface area (Å²) in [5.41, 5.74) is 3.14. The number of nitrogens with zero attached hydrogens (tertiary/aromatic N) is 2. The number of nitrogens with one attached hydrogen (secondary N) is 3. The summed E-state index contributed by atoms with van der Waals surface area (Å²) in [4.78, 5) is 35.5. The number of carbonyl (C=O) groups is 2. The quantitative estimate of drug-likeness (QED) is 0.141. The Morgan fingerprint density at radius 1 is 0.750 bits per heavy atom. The lowest BCUT2D eigenvalue weighted by atomic mass is 10.0. The van der Waals surface area contributed by atoms with E-state index >= 15 is 0 Å². The molecule has 2 heterocycles. The van der Waals surface area contributed by atoms with Crippen LogP contribution >= 0.6 is 0 Å². The molecule has 2 aromatic heterocycles. The third-order valence-electron chi connectivity index (χ3n) is 7.76. The molecular weight excluding hydrogens is 615 g/mol. The first-order chi connectivity index (χ1) is 23.2. The monoisotopic (exact) mass is 645 g/mol. The molecule has 0 radical (unpaired) electrons. The van der Waals surface area contributed by atoms with Gasteiger partial charge in [-0.2, -0.15) is 13.2 Å². The first kappa shape index (κ1) is 32.1. The zero-order valence-electron chi connectivity index (χ0n) is 25.5. The van der Waals surface area contributed by atoms with E-state index < -0.39 is 17.6 Å². The highest BCUT2D eigenvalue weighted by atomic mass is 19.4. The van der Waals surface area contributed by atoms with Crippen molar-refractivity contribution in [2.75, 3.05) is 11.9 Å². The predicted octanol–water partition coefficient (Wildman–Crippen LogP) is 7.83. The third-order valence-corrected chi connectivity index (χ3v) is 7.76. The van der Waals surface area contributed by atoms with Crippen LogP contribution in [-0.2, 0) is 12.7 Å². The molecule has 6 aromatic rings. The van der Waals surface area contributed by atoms with Crippen molar-refractivity contribution < 1.29 is 22.8 Å². The Kier molecular flexibility index (Phi) is 9.54. The summed E-state index contributed by atoms with van der Waals surface area (Å²) in [6.07, 6.45) is -3.00. The fourth-order valence-corrected chi connectivity index (χ4v) is 5.29. The van der Waals surface area contributed by atoms with E-state index in [4.69, 9.17) is 0 Å². The summed E-state index contributed by atoms with van der Waals surface area (Å²) >= 11 is 0. The molecule has 1 atom stereocenters. The van der Waals surface area contributed by atoms with Crippen molar-refractivity contribution in [3.05, 3.63) is 161 Å². The molecule has 0 saturated heterocycles. The van der Waals surface area contributed by atoms with Crippen LogP contribution in [0, 0.1) is 0 Å². The Balaban J connectivity index is 1.15. The molecule has 0 bridgehead atoms. The molecule has 0 spiro atoms. The van der Waals surface area contributed by atoms with Crippen molar-refractivity contribution in [2.24, 2.45) is 0 Å². The van der Waals surface area contributed by atoms with Crippen LogP contribution < -0.4 is 16.0 Å². The largest absolute Gasteiger partial charge is 0.416 e. The van der Waals surface area contributed by atoms with Crippen molar-refractivity contribution in [2.45, 2.75) is 18.8 Å². The van der Waals surface area contributed by atoms with Gasteiger partial charge < -0.3 is 16.0 Å². The SMILES string of the molecule is O=C(N[C@H](CNCc1ccccc1)c1ccccc1)c1ccc2nc(NC(=O)c3cccnc3-c3ccc(C(F)(F)F)cc3)ccc2c1. The van der Waals surface area contributed by atoms with Crippen molar-refractivity contribution in [1.82, 2.24) is 20.6 Å². The van der Waals surface area contributed by atoms with Gasteiger partial charge in [0.2, 0.25) is 0 Å². The Bertz CT molecular complexity index is 2040. The zero-order valence-corrected chi connectivity index (χ0v) is 25.5. The van der Waals surface area contributed by atoms with E-state index in [9.17, 15) is 22.8 Å². The number of amides is 2. The standard InChI is InChI=1S/C38H30F3N5O2/c39-38(40,41)30-17-13-27(14-18-30)35-31(12-7-21-43-35)37(48)46-34-20-16-28-22-29(15-19-32(28)44-34)36(47)45-33(26-10-5-2-6-11-26)24-42-23-25-8-3-1-4-9-25/h1-22,33,42H,23-24H2,(H,45,47)(H,44,46,48)/t33-/m1/s1. The summed E-state index contributed by atoms with van der Waals surface area (Å²) in [6, 6.07) is 35.6. The summed E-state index contributed by atoms with van der Waals surface area (Å²) < 4.78 is 39.1. The van der Waals surface area contributed by atoms with Gasteiger partial charge in [-0.15, -0.1) is 0 Å². The highest BCUT2D eigenvalue weighted by Gasteiger charge is 2.30. The maximum absolute atomic E-state index is 13.4. The molecule has 0 saturated carbocycles. The van der Waals surface area contributed by atoms with Gasteiger partial charge in [-0.25, -0.2) is 4.98 Å². The number of benzene rings is 4. The molecule has 48 heavy (non-hydrogen) atoms. The van der Waals surface area contributed by atoms with E-state index in [1.807, 2.05) is 60.7 Å². The first-order valence-electron chi connectivity index (χ1n) is 15.2. The number of hydrogen-bond donors (Lipinski definition) is 3. The Hall–Kier alpha value is -5.87. The third kappa shape index (κ3) is 7.73. The van der Waals surface area contributed by atoms with E-state index in [2.05, 4.69) is 25.9 Å². The topological polar surface area (TPSA) is 96.0 Å². The second-order valence-electron chi connectivity index (χ2n) is 11.1. The maximum atomic E-state index is 13.4. The molecule has 0 aliphatic carbocycles. The minimum Gasteiger partial charge on any atom is -0.344 e. The van der Waals surface area contributed by atoms with Crippen LogP contribution in [0.5, 0.6) is 0 Å². The fraction of sp³-hybridized carbons (Fsp3) is 0.105. The lowest BCUT2D eigenvalue weighted by Gasteiger charge is -2.20. The molecule has 0 aliphatic heterocycles. The van der Waals surface area contributed by atoms with Gasteiger partial charge in [0, 0.05) is 35.8 Å². The number of rotatable bonds is 10. The molecule has 240 valence electrons. The van der Waals surface area contributed by atoms with Gasteiger partial charge in [0.05, 0.1) is 28.4 Å². The predicted molar refractivity (Wildman–Crippen MR) is 179 cm³/mol. The smallest absolute Gasteiger partial charge is 0.344 e. The highest BCUT2D eigenvalue weighted by molar-refractivity contribution is 6.08. The molecule has 7 nitrogen and oxygen atoms in total. The summed E-state index contributed by atoms with van der Waals surface area (Å²) in [5, 5.41) is 10.0. The minimum absolute atomic E-state index is 0.178. The summed E-state index contributed by atoms with van der Waals surface area (Å²) in [5.74, 6) is -0.494. The molecule has 0 unspecified atom stereocenters. The van der Waals surface area contributed by atoms with Crippen molar-refractivity contribution in [1.29, 1.82) is 0 Å². The number of hydrogen-bond acceptors (Lipinski definition) is 5. The van der Waals surface area contributed by atoms with Crippen molar-refractivity contribution in [3.8, 4) is 11.3 Å². The lowest BCUT2D eigenvalue weighted by Crippen LogP contribution is -2.35. The molecule has 2 amide bonds. The Labute approximate surface area is 274 Å². The van der Waals surface area contributed by atoms with Crippen LogP contribution in [0.3, 0.4) is 0 Å². The molecule has 0 fully saturated rings. The number of alkyl halides is 3. The average molecular weight is 646 g/mol. The second-order valence-corrected chi connectivity index (χ2v) is 11.1. The normalized spacial score (nSPS) is 12.0. The molecule has 4 aromatic carbocycles. The maximum Gasteiger partial charge on any atom is 0.416 e. The van der Waals surface area contributed by atoms with Crippen LogP contribution in [0.15, 0.2) is 134 Å². The van der Waals surface area contributed by atoms with Crippen LogP contribution in [-0.4, -0.2) is 28.3 Å². The molecule has 0 aliphatic rings. The minimum atomic E-state index is -4.47. The van der Waals surface area contributed by atoms with Gasteiger partial charge in [-0.3, -0.25) is 14.6 Å². The molecule has 10 heteroatoms. The number of pyridine rings is 2. The van der Waals surface area contributed by atoms with Crippen LogP contribution in [0.1, 0.15) is 43.4 Å². The van der Waals surface area contributed by atoms with Gasteiger partial charge in [0.15, 0.2) is 0 Å². The van der Waals surface area contributed by atoms with Crippen LogP contribution in [0.2, 0.25) is 0 Å². The van der Waals surface area contributed by atoms with Crippen molar-refractivity contribution in [3.63, 3.8) is 0 Å². The number of halogens is 3. The second kappa shape index (κ2) is 14.3. The van der Waals surface area contributed by atoms with Gasteiger partial charge >= 0.3 is 6.18 Å². The van der Waals surface area contributed by atoms with Gasteiger partial charge in [-0.1, -0.05) is 72.8 Å².